The maximum Gasteiger partial charge on any atom is 0.282 e. The molecule has 0 saturated heterocycles. The normalized spacial score (nSPS) is 12.0. The van der Waals surface area contributed by atoms with Crippen LogP contribution < -0.4 is 10.1 Å². The first kappa shape index (κ1) is 30.8. The van der Waals surface area contributed by atoms with Gasteiger partial charge in [0.25, 0.3) is 11.8 Å². The van der Waals surface area contributed by atoms with Crippen molar-refractivity contribution in [3.63, 3.8) is 0 Å². The van der Waals surface area contributed by atoms with Crippen molar-refractivity contribution in [2.75, 3.05) is 46.9 Å². The molecule has 228 valence electrons. The maximum absolute atomic E-state index is 12.2. The number of hydrogen-bond donors (Lipinski definition) is 1. The van der Waals surface area contributed by atoms with E-state index in [0.29, 0.717) is 38.3 Å². The van der Waals surface area contributed by atoms with Crippen molar-refractivity contribution in [2.45, 2.75) is 11.6 Å². The molecule has 15 nitrogen and oxygen atoms in total. The number of nitrogens with one attached hydrogen (secondary N) is 1. The Labute approximate surface area is 259 Å². The number of aliphatic imine (C=N–C) groups is 1. The van der Waals surface area contributed by atoms with E-state index < -0.39 is 9.84 Å². The summed E-state index contributed by atoms with van der Waals surface area (Å²) in [5.74, 6) is 0.765. The van der Waals surface area contributed by atoms with Crippen molar-refractivity contribution in [1.29, 1.82) is 0 Å². The number of carbonyl (C=O) groups is 2. The number of fused-ring (bicyclic) bond motifs is 3. The molecule has 6 rings (SSSR count). The first-order chi connectivity index (χ1) is 20.9. The molecule has 1 aliphatic rings. The van der Waals surface area contributed by atoms with E-state index in [-0.39, 0.29) is 27.4 Å². The lowest BCUT2D eigenvalue weighted by atomic mass is 10.1. The third kappa shape index (κ3) is 6.17. The zero-order chi connectivity index (χ0) is 31.8. The van der Waals surface area contributed by atoms with Gasteiger partial charge in [0.05, 0.1) is 19.3 Å². The van der Waals surface area contributed by atoms with E-state index >= 15 is 0 Å². The average molecular weight is 655 g/mol. The van der Waals surface area contributed by atoms with E-state index in [1.807, 2.05) is 18.3 Å². The molecular formula is C26H26N10O5S3. The van der Waals surface area contributed by atoms with Crippen LogP contribution >= 0.6 is 22.7 Å². The van der Waals surface area contributed by atoms with Crippen molar-refractivity contribution in [2.24, 2.45) is 4.99 Å². The Morgan fingerprint density at radius 3 is 2.07 bits per heavy atom. The predicted octanol–water partition coefficient (Wildman–Crippen LogP) is 2.66. The quantitative estimate of drug-likeness (QED) is 0.264. The van der Waals surface area contributed by atoms with E-state index in [2.05, 4.69) is 40.2 Å². The number of thiazole rings is 2. The highest BCUT2D eigenvalue weighted by atomic mass is 32.2. The number of nitrogens with zero attached hydrogens (tertiary/aromatic N) is 9. The van der Waals surface area contributed by atoms with E-state index in [9.17, 15) is 18.0 Å². The van der Waals surface area contributed by atoms with Crippen LogP contribution in [0.2, 0.25) is 0 Å². The van der Waals surface area contributed by atoms with Gasteiger partial charge in [0.1, 0.15) is 39.1 Å². The molecule has 2 amide bonds. The molecule has 1 N–H and O–H groups in total. The van der Waals surface area contributed by atoms with Gasteiger partial charge in [-0.2, -0.15) is 0 Å². The number of aromatic nitrogens is 6. The summed E-state index contributed by atoms with van der Waals surface area (Å²) in [7, 11) is 4.70. The molecule has 44 heavy (non-hydrogen) atoms. The van der Waals surface area contributed by atoms with Crippen molar-refractivity contribution >= 4 is 82.7 Å². The highest BCUT2D eigenvalue weighted by molar-refractivity contribution is 7.90. The van der Waals surface area contributed by atoms with Gasteiger partial charge in [0, 0.05) is 40.7 Å². The van der Waals surface area contributed by atoms with Crippen molar-refractivity contribution in [1.82, 2.24) is 39.7 Å². The van der Waals surface area contributed by atoms with Crippen LogP contribution in [0.1, 0.15) is 30.7 Å². The zero-order valence-electron chi connectivity index (χ0n) is 24.4. The highest BCUT2D eigenvalue weighted by Crippen LogP contribution is 2.34. The number of amides is 2. The first-order valence-corrected chi connectivity index (χ1v) is 16.2. The lowest BCUT2D eigenvalue weighted by Crippen LogP contribution is -2.21. The molecule has 4 aromatic heterocycles. The molecule has 0 atom stereocenters. The number of rotatable bonds is 6. The second-order valence-corrected chi connectivity index (χ2v) is 13.7. The Balaban J connectivity index is 0.000000187. The number of carbonyl (C=O) groups excluding carboxylic acids is 2. The van der Waals surface area contributed by atoms with Crippen LogP contribution in [0.25, 0.3) is 20.7 Å². The SMILES string of the molecule is CN(C)C(=O)c1nc2c(S(C)(=O)=O)ncnc2s1.COc1cc2c(cc1Nc1ncnc3sc(C(=O)N(C)C)nc13)C=NC2. The largest absolute Gasteiger partial charge is 0.495 e. The van der Waals surface area contributed by atoms with Gasteiger partial charge in [-0.1, -0.05) is 22.7 Å². The summed E-state index contributed by atoms with van der Waals surface area (Å²) in [5.41, 5.74) is 3.62. The number of methoxy groups -OCH3 is 1. The minimum absolute atomic E-state index is 0.148. The standard InChI is InChI=1S/C17H16N6O2S.C9H10N4O3S2/c1-23(2)17(24)16-22-13-14(19-8-20-15(13)26-16)21-11-4-9-6-18-7-10(9)5-12(11)25-3;1-13(2)9(14)7-12-5-6(17-7)10-4-11-8(5)18(3,15)16/h4-6,8H,7H2,1-3H3,(H,19,20,21);4H,1-3H3. The van der Waals surface area contributed by atoms with Crippen LogP contribution in [-0.2, 0) is 16.4 Å². The Bertz CT molecular complexity index is 2050. The molecule has 0 spiro atoms. The Morgan fingerprint density at radius 2 is 1.48 bits per heavy atom. The Kier molecular flexibility index (Phi) is 8.49. The topological polar surface area (TPSA) is 186 Å². The van der Waals surface area contributed by atoms with Crippen LogP contribution in [0.15, 0.2) is 34.8 Å². The molecule has 0 bridgehead atoms. The Hall–Kier alpha value is -4.68. The molecular weight excluding hydrogens is 629 g/mol. The fourth-order valence-corrected chi connectivity index (χ4v) is 6.60. The van der Waals surface area contributed by atoms with Crippen molar-refractivity contribution < 1.29 is 22.7 Å². The van der Waals surface area contributed by atoms with Gasteiger partial charge in [-0.25, -0.2) is 38.3 Å². The van der Waals surface area contributed by atoms with Gasteiger partial charge in [0.15, 0.2) is 30.7 Å². The first-order valence-electron chi connectivity index (χ1n) is 12.7. The van der Waals surface area contributed by atoms with Crippen LogP contribution in [0.4, 0.5) is 11.5 Å². The number of ether oxygens (including phenoxy) is 1. The van der Waals surface area contributed by atoms with Gasteiger partial charge in [-0.15, -0.1) is 0 Å². The van der Waals surface area contributed by atoms with Gasteiger partial charge >= 0.3 is 0 Å². The molecule has 0 radical (unpaired) electrons. The molecule has 1 aliphatic heterocycles. The maximum atomic E-state index is 12.2. The monoisotopic (exact) mass is 654 g/mol. The number of benzene rings is 1. The van der Waals surface area contributed by atoms with Crippen LogP contribution in [0.5, 0.6) is 5.75 Å². The third-order valence-electron chi connectivity index (χ3n) is 6.09. The number of anilines is 2. The Morgan fingerprint density at radius 1 is 0.886 bits per heavy atom. The van der Waals surface area contributed by atoms with E-state index in [1.54, 1.807) is 35.3 Å². The van der Waals surface area contributed by atoms with Gasteiger partial charge in [-0.05, 0) is 23.3 Å². The van der Waals surface area contributed by atoms with Gasteiger partial charge < -0.3 is 19.9 Å². The smallest absolute Gasteiger partial charge is 0.282 e. The third-order valence-corrected chi connectivity index (χ3v) is 9.00. The van der Waals surface area contributed by atoms with Gasteiger partial charge in [0.2, 0.25) is 0 Å². The fraction of sp³-hybridized carbons (Fsp3) is 0.269. The predicted molar refractivity (Wildman–Crippen MR) is 167 cm³/mol. The average Bonchev–Trinajstić information content (AvgIpc) is 3.73. The molecule has 0 unspecified atom stereocenters. The summed E-state index contributed by atoms with van der Waals surface area (Å²) in [6.45, 7) is 0.659. The highest BCUT2D eigenvalue weighted by Gasteiger charge is 2.22. The molecule has 0 fully saturated rings. The summed E-state index contributed by atoms with van der Waals surface area (Å²) in [6.07, 6.45) is 5.49. The van der Waals surface area contributed by atoms with E-state index in [1.165, 1.54) is 27.5 Å². The van der Waals surface area contributed by atoms with Crippen molar-refractivity contribution in [3.8, 4) is 5.75 Å². The second-order valence-electron chi connectivity index (χ2n) is 9.76. The van der Waals surface area contributed by atoms with E-state index in [0.717, 1.165) is 40.7 Å². The molecule has 5 aromatic rings. The van der Waals surface area contributed by atoms with Crippen LogP contribution in [0, 0.1) is 0 Å². The zero-order valence-corrected chi connectivity index (χ0v) is 26.8. The number of sulfone groups is 1. The van der Waals surface area contributed by atoms with Crippen LogP contribution in [-0.4, -0.2) is 108 Å². The summed E-state index contributed by atoms with van der Waals surface area (Å²) >= 11 is 2.29. The van der Waals surface area contributed by atoms with E-state index in [4.69, 9.17) is 4.74 Å². The summed E-state index contributed by atoms with van der Waals surface area (Å²) in [4.78, 5) is 56.7. The number of hydrogen-bond acceptors (Lipinski definition) is 15. The van der Waals surface area contributed by atoms with Gasteiger partial charge in [-0.3, -0.25) is 14.6 Å². The molecule has 5 heterocycles. The lowest BCUT2D eigenvalue weighted by molar-refractivity contribution is 0.0820. The summed E-state index contributed by atoms with van der Waals surface area (Å²) < 4.78 is 28.6. The lowest BCUT2D eigenvalue weighted by Gasteiger charge is -2.12. The van der Waals surface area contributed by atoms with Crippen molar-refractivity contribution in [3.05, 3.63) is 45.9 Å². The second kappa shape index (κ2) is 12.1. The molecule has 0 saturated carbocycles. The minimum atomic E-state index is -3.49. The summed E-state index contributed by atoms with van der Waals surface area (Å²) in [5, 5.41) is 3.68. The molecule has 18 heteroatoms. The summed E-state index contributed by atoms with van der Waals surface area (Å²) in [6, 6.07) is 3.93. The fourth-order valence-electron chi connectivity index (χ4n) is 3.95. The molecule has 1 aromatic carbocycles. The van der Waals surface area contributed by atoms with Crippen LogP contribution in [0.3, 0.4) is 0 Å². The minimum Gasteiger partial charge on any atom is -0.495 e. The molecule has 0 aliphatic carbocycles.